The van der Waals surface area contributed by atoms with Crippen molar-refractivity contribution >= 4 is 11.6 Å². The largest absolute Gasteiger partial charge is 0.497 e. The molecule has 0 saturated carbocycles. The first-order valence-corrected chi connectivity index (χ1v) is 5.63. The van der Waals surface area contributed by atoms with E-state index in [0.717, 1.165) is 11.3 Å². The molecule has 0 saturated heterocycles. The fourth-order valence-electron chi connectivity index (χ4n) is 1.47. The Morgan fingerprint density at radius 3 is 2.17 bits per heavy atom. The number of Topliss-reactive ketones (excluding diaryl/α,β-unsaturated/α-hetero) is 2. The molecule has 0 spiro atoms. The maximum atomic E-state index is 11.2. The number of carbonyl (C=O) groups is 2. The molecule has 1 aromatic rings. The molecule has 0 radical (unpaired) electrons. The summed E-state index contributed by atoms with van der Waals surface area (Å²) in [5.41, 5.74) is 1.22. The van der Waals surface area contributed by atoms with Gasteiger partial charge in [0.25, 0.3) is 0 Å². The van der Waals surface area contributed by atoms with Crippen molar-refractivity contribution in [3.63, 3.8) is 0 Å². The predicted molar refractivity (Wildman–Crippen MR) is 69.3 cm³/mol. The number of benzene rings is 1. The maximum absolute atomic E-state index is 11.2. The van der Waals surface area contributed by atoms with Crippen LogP contribution in [0.3, 0.4) is 0 Å². The summed E-state index contributed by atoms with van der Waals surface area (Å²) in [6, 6.07) is 7.55. The summed E-state index contributed by atoms with van der Waals surface area (Å²) in [6.45, 7) is 3.30. The van der Waals surface area contributed by atoms with E-state index in [-0.39, 0.29) is 17.1 Å². The van der Waals surface area contributed by atoms with E-state index in [1.165, 1.54) is 20.0 Å². The fraction of sp³-hybridized carbons (Fsp3) is 0.286. The van der Waals surface area contributed by atoms with Crippen molar-refractivity contribution in [2.75, 3.05) is 7.11 Å². The van der Waals surface area contributed by atoms with Gasteiger partial charge in [-0.05, 0) is 31.5 Å². The van der Waals surface area contributed by atoms with Gasteiger partial charge in [0.2, 0.25) is 0 Å². The van der Waals surface area contributed by atoms with E-state index in [1.54, 1.807) is 7.11 Å². The lowest BCUT2D eigenvalue weighted by atomic mass is 10.1. The zero-order chi connectivity index (χ0) is 13.5. The highest BCUT2D eigenvalue weighted by Gasteiger charge is 2.08. The van der Waals surface area contributed by atoms with Crippen LogP contribution in [0.1, 0.15) is 19.4 Å². The SMILES string of the molecule is COc1ccc(CNC=C(C(C)=O)C(C)=O)cc1. The number of ketones is 2. The molecular formula is C14H17NO3. The molecule has 0 aliphatic heterocycles. The van der Waals surface area contributed by atoms with Crippen molar-refractivity contribution in [3.05, 3.63) is 41.6 Å². The summed E-state index contributed by atoms with van der Waals surface area (Å²) >= 11 is 0. The van der Waals surface area contributed by atoms with Crippen molar-refractivity contribution in [2.45, 2.75) is 20.4 Å². The molecule has 1 aromatic carbocycles. The van der Waals surface area contributed by atoms with Gasteiger partial charge in [-0.2, -0.15) is 0 Å². The molecule has 0 aromatic heterocycles. The van der Waals surface area contributed by atoms with E-state index < -0.39 is 0 Å². The first-order valence-electron chi connectivity index (χ1n) is 5.63. The van der Waals surface area contributed by atoms with Gasteiger partial charge < -0.3 is 10.1 Å². The topological polar surface area (TPSA) is 55.4 Å². The smallest absolute Gasteiger partial charge is 0.164 e. The van der Waals surface area contributed by atoms with Gasteiger partial charge in [0.1, 0.15) is 5.75 Å². The Morgan fingerprint density at radius 1 is 1.17 bits per heavy atom. The summed E-state index contributed by atoms with van der Waals surface area (Å²) < 4.78 is 5.05. The Bertz CT molecular complexity index is 444. The molecule has 0 amide bonds. The standard InChI is InChI=1S/C14H17NO3/c1-10(16)14(11(2)17)9-15-8-12-4-6-13(18-3)7-5-12/h4-7,9,15H,8H2,1-3H3. The normalized spacial score (nSPS) is 9.50. The van der Waals surface area contributed by atoms with Gasteiger partial charge in [0.15, 0.2) is 11.6 Å². The van der Waals surface area contributed by atoms with E-state index >= 15 is 0 Å². The lowest BCUT2D eigenvalue weighted by molar-refractivity contribution is -0.119. The Hall–Kier alpha value is -2.10. The number of carbonyl (C=O) groups excluding carboxylic acids is 2. The van der Waals surface area contributed by atoms with E-state index in [2.05, 4.69) is 5.32 Å². The van der Waals surface area contributed by atoms with Crippen LogP contribution in [0, 0.1) is 0 Å². The zero-order valence-electron chi connectivity index (χ0n) is 10.8. The fourth-order valence-corrected chi connectivity index (χ4v) is 1.47. The first kappa shape index (κ1) is 14.0. The van der Waals surface area contributed by atoms with Crippen LogP contribution in [0.4, 0.5) is 0 Å². The molecule has 0 heterocycles. The second-order valence-corrected chi connectivity index (χ2v) is 3.90. The number of ether oxygens (including phenoxy) is 1. The van der Waals surface area contributed by atoms with Crippen LogP contribution in [0.15, 0.2) is 36.0 Å². The first-order chi connectivity index (χ1) is 8.54. The van der Waals surface area contributed by atoms with Crippen molar-refractivity contribution < 1.29 is 14.3 Å². The van der Waals surface area contributed by atoms with Crippen LogP contribution >= 0.6 is 0 Å². The molecule has 18 heavy (non-hydrogen) atoms. The van der Waals surface area contributed by atoms with Crippen LogP contribution in [0.25, 0.3) is 0 Å². The third-order valence-corrected chi connectivity index (χ3v) is 2.47. The molecule has 4 nitrogen and oxygen atoms in total. The van der Waals surface area contributed by atoms with Gasteiger partial charge in [0.05, 0.1) is 12.7 Å². The molecule has 1 rings (SSSR count). The Balaban J connectivity index is 2.61. The minimum absolute atomic E-state index is 0.184. The number of hydrogen-bond donors (Lipinski definition) is 1. The molecule has 0 bridgehead atoms. The van der Waals surface area contributed by atoms with E-state index in [9.17, 15) is 9.59 Å². The Morgan fingerprint density at radius 2 is 1.72 bits per heavy atom. The number of methoxy groups -OCH3 is 1. The second kappa shape index (κ2) is 6.59. The van der Waals surface area contributed by atoms with E-state index in [4.69, 9.17) is 4.74 Å². The van der Waals surface area contributed by atoms with Crippen molar-refractivity contribution in [3.8, 4) is 5.75 Å². The molecule has 0 fully saturated rings. The molecule has 0 aliphatic carbocycles. The molecule has 1 N–H and O–H groups in total. The van der Waals surface area contributed by atoms with E-state index in [0.29, 0.717) is 6.54 Å². The maximum Gasteiger partial charge on any atom is 0.164 e. The highest BCUT2D eigenvalue weighted by atomic mass is 16.5. The van der Waals surface area contributed by atoms with Crippen LogP contribution < -0.4 is 10.1 Å². The number of rotatable bonds is 6. The number of hydrogen-bond acceptors (Lipinski definition) is 4. The third kappa shape index (κ3) is 4.05. The highest BCUT2D eigenvalue weighted by Crippen LogP contribution is 2.11. The summed E-state index contributed by atoms with van der Waals surface area (Å²) in [4.78, 5) is 22.3. The Kier molecular flexibility index (Phi) is 5.11. The van der Waals surface area contributed by atoms with Gasteiger partial charge in [-0.1, -0.05) is 12.1 Å². The lowest BCUT2D eigenvalue weighted by Gasteiger charge is -2.05. The average Bonchev–Trinajstić information content (AvgIpc) is 2.34. The molecular weight excluding hydrogens is 230 g/mol. The summed E-state index contributed by atoms with van der Waals surface area (Å²) in [5, 5.41) is 2.96. The summed E-state index contributed by atoms with van der Waals surface area (Å²) in [7, 11) is 1.61. The molecule has 96 valence electrons. The summed E-state index contributed by atoms with van der Waals surface area (Å²) in [5.74, 6) is 0.330. The zero-order valence-corrected chi connectivity index (χ0v) is 10.8. The van der Waals surface area contributed by atoms with Gasteiger partial charge in [-0.15, -0.1) is 0 Å². The molecule has 0 aliphatic rings. The molecule has 4 heteroatoms. The van der Waals surface area contributed by atoms with Gasteiger partial charge in [-0.3, -0.25) is 9.59 Å². The summed E-state index contributed by atoms with van der Waals surface area (Å²) in [6.07, 6.45) is 1.47. The van der Waals surface area contributed by atoms with Gasteiger partial charge >= 0.3 is 0 Å². The van der Waals surface area contributed by atoms with E-state index in [1.807, 2.05) is 24.3 Å². The minimum atomic E-state index is -0.232. The predicted octanol–water partition coefficient (Wildman–Crippen LogP) is 1.85. The van der Waals surface area contributed by atoms with Crippen molar-refractivity contribution in [1.82, 2.24) is 5.32 Å². The minimum Gasteiger partial charge on any atom is -0.497 e. The second-order valence-electron chi connectivity index (χ2n) is 3.90. The van der Waals surface area contributed by atoms with Gasteiger partial charge in [-0.25, -0.2) is 0 Å². The lowest BCUT2D eigenvalue weighted by Crippen LogP contribution is -2.13. The molecule has 0 unspecified atom stereocenters. The van der Waals surface area contributed by atoms with Crippen LogP contribution in [0.2, 0.25) is 0 Å². The van der Waals surface area contributed by atoms with Crippen molar-refractivity contribution in [1.29, 1.82) is 0 Å². The monoisotopic (exact) mass is 247 g/mol. The number of allylic oxidation sites excluding steroid dienone is 1. The van der Waals surface area contributed by atoms with Gasteiger partial charge in [0, 0.05) is 12.7 Å². The number of nitrogens with one attached hydrogen (secondary N) is 1. The van der Waals surface area contributed by atoms with Crippen molar-refractivity contribution in [2.24, 2.45) is 0 Å². The van der Waals surface area contributed by atoms with Crippen LogP contribution in [-0.4, -0.2) is 18.7 Å². The average molecular weight is 247 g/mol. The third-order valence-electron chi connectivity index (χ3n) is 2.47. The quantitative estimate of drug-likeness (QED) is 0.473. The Labute approximate surface area is 107 Å². The van der Waals surface area contributed by atoms with Crippen LogP contribution in [-0.2, 0) is 16.1 Å². The highest BCUT2D eigenvalue weighted by molar-refractivity contribution is 6.18. The molecule has 0 atom stereocenters. The van der Waals surface area contributed by atoms with Crippen LogP contribution in [0.5, 0.6) is 5.75 Å².